The van der Waals surface area contributed by atoms with Crippen molar-refractivity contribution < 1.29 is 28.2 Å². The predicted octanol–water partition coefficient (Wildman–Crippen LogP) is 2.90. The van der Waals surface area contributed by atoms with E-state index < -0.39 is 30.6 Å². The van der Waals surface area contributed by atoms with Gasteiger partial charge in [-0.1, -0.05) is 29.8 Å². The molecule has 3 nitrogen and oxygen atoms in total. The molecule has 2 unspecified atom stereocenters. The molecule has 0 fully saturated rings. The van der Waals surface area contributed by atoms with E-state index in [9.17, 15) is 18.0 Å². The number of carboxylic acids is 1. The molecule has 1 aromatic rings. The summed E-state index contributed by atoms with van der Waals surface area (Å²) in [7, 11) is 0. The van der Waals surface area contributed by atoms with Gasteiger partial charge in [-0.2, -0.15) is 13.2 Å². The maximum Gasteiger partial charge on any atom is 0.414 e. The average Bonchev–Trinajstić information content (AvgIpc) is 2.29. The van der Waals surface area contributed by atoms with Crippen LogP contribution < -0.4 is 0 Å². The standard InChI is InChI=1S/C12H12ClF3O3/c13-9-4-2-1-3-7(9)5-8(11(18)19)6-10(17)12(14,15)16/h1-4,8,10,17H,5-6H2,(H,18,19). The van der Waals surface area contributed by atoms with E-state index in [-0.39, 0.29) is 11.4 Å². The van der Waals surface area contributed by atoms with Crippen LogP contribution in [-0.2, 0) is 11.2 Å². The van der Waals surface area contributed by atoms with Crippen LogP contribution in [0.3, 0.4) is 0 Å². The summed E-state index contributed by atoms with van der Waals surface area (Å²) in [6.07, 6.45) is -8.54. The van der Waals surface area contributed by atoms with Gasteiger partial charge in [0.05, 0.1) is 5.92 Å². The Kier molecular flexibility index (Phi) is 5.20. The zero-order valence-electron chi connectivity index (χ0n) is 9.69. The van der Waals surface area contributed by atoms with Crippen molar-refractivity contribution in [3.8, 4) is 0 Å². The SMILES string of the molecule is O=C(O)C(Cc1ccccc1Cl)CC(O)C(F)(F)F. The average molecular weight is 297 g/mol. The van der Waals surface area contributed by atoms with E-state index in [2.05, 4.69) is 0 Å². The molecule has 0 heterocycles. The van der Waals surface area contributed by atoms with Crippen molar-refractivity contribution in [1.82, 2.24) is 0 Å². The van der Waals surface area contributed by atoms with Crippen molar-refractivity contribution in [2.24, 2.45) is 5.92 Å². The van der Waals surface area contributed by atoms with E-state index in [0.29, 0.717) is 5.56 Å². The molecule has 2 atom stereocenters. The number of halogens is 4. The van der Waals surface area contributed by atoms with Crippen molar-refractivity contribution in [1.29, 1.82) is 0 Å². The topological polar surface area (TPSA) is 57.5 Å². The first-order chi connectivity index (χ1) is 8.71. The lowest BCUT2D eigenvalue weighted by atomic mass is 9.93. The van der Waals surface area contributed by atoms with Crippen molar-refractivity contribution in [3.63, 3.8) is 0 Å². The minimum absolute atomic E-state index is 0.165. The number of aliphatic carboxylic acids is 1. The number of aliphatic hydroxyl groups excluding tert-OH is 1. The molecule has 0 aromatic heterocycles. The van der Waals surface area contributed by atoms with Crippen LogP contribution >= 0.6 is 11.6 Å². The molecule has 0 saturated carbocycles. The highest BCUT2D eigenvalue weighted by atomic mass is 35.5. The fourth-order valence-electron chi connectivity index (χ4n) is 1.60. The van der Waals surface area contributed by atoms with Crippen LogP contribution in [0.15, 0.2) is 24.3 Å². The number of rotatable bonds is 5. The van der Waals surface area contributed by atoms with E-state index >= 15 is 0 Å². The molecule has 0 aliphatic heterocycles. The van der Waals surface area contributed by atoms with Crippen molar-refractivity contribution >= 4 is 17.6 Å². The molecule has 106 valence electrons. The molecular formula is C12H12ClF3O3. The first kappa shape index (κ1) is 15.8. The highest BCUT2D eigenvalue weighted by Gasteiger charge is 2.40. The van der Waals surface area contributed by atoms with Gasteiger partial charge in [0.15, 0.2) is 6.10 Å². The molecule has 0 spiro atoms. The highest BCUT2D eigenvalue weighted by Crippen LogP contribution is 2.28. The van der Waals surface area contributed by atoms with Crippen molar-refractivity contribution in [3.05, 3.63) is 34.9 Å². The Labute approximate surface area is 112 Å². The van der Waals surface area contributed by atoms with Gasteiger partial charge >= 0.3 is 12.1 Å². The highest BCUT2D eigenvalue weighted by molar-refractivity contribution is 6.31. The first-order valence-corrected chi connectivity index (χ1v) is 5.80. The maximum atomic E-state index is 12.2. The van der Waals surface area contributed by atoms with Gasteiger partial charge in [-0.3, -0.25) is 4.79 Å². The smallest absolute Gasteiger partial charge is 0.414 e. The van der Waals surface area contributed by atoms with E-state index in [1.54, 1.807) is 12.1 Å². The van der Waals surface area contributed by atoms with Gasteiger partial charge in [0.1, 0.15) is 0 Å². The molecule has 0 aliphatic carbocycles. The maximum absolute atomic E-state index is 12.2. The summed E-state index contributed by atoms with van der Waals surface area (Å²) in [6.45, 7) is 0. The Bertz CT molecular complexity index is 448. The lowest BCUT2D eigenvalue weighted by Gasteiger charge is -2.19. The third-order valence-corrected chi connectivity index (χ3v) is 3.03. The second-order valence-corrected chi connectivity index (χ2v) is 4.53. The third kappa shape index (κ3) is 4.72. The fraction of sp³-hybridized carbons (Fsp3) is 0.417. The van der Waals surface area contributed by atoms with Crippen LogP contribution in [0.25, 0.3) is 0 Å². The number of benzene rings is 1. The zero-order valence-corrected chi connectivity index (χ0v) is 10.4. The zero-order chi connectivity index (χ0) is 14.6. The summed E-state index contributed by atoms with van der Waals surface area (Å²) < 4.78 is 36.7. The molecule has 1 aromatic carbocycles. The van der Waals surface area contributed by atoms with Crippen LogP contribution in [0.4, 0.5) is 13.2 Å². The largest absolute Gasteiger partial charge is 0.481 e. The minimum Gasteiger partial charge on any atom is -0.481 e. The van der Waals surface area contributed by atoms with Crippen molar-refractivity contribution in [2.75, 3.05) is 0 Å². The molecular weight excluding hydrogens is 285 g/mol. The Morgan fingerprint density at radius 2 is 1.89 bits per heavy atom. The van der Waals surface area contributed by atoms with Crippen LogP contribution in [0.1, 0.15) is 12.0 Å². The Morgan fingerprint density at radius 3 is 2.37 bits per heavy atom. The second kappa shape index (κ2) is 6.25. The van der Waals surface area contributed by atoms with Gasteiger partial charge in [0, 0.05) is 5.02 Å². The number of hydrogen-bond donors (Lipinski definition) is 2. The quantitative estimate of drug-likeness (QED) is 0.878. The van der Waals surface area contributed by atoms with Gasteiger partial charge in [-0.05, 0) is 24.5 Å². The number of carboxylic acid groups (broad SMARTS) is 1. The van der Waals surface area contributed by atoms with Gasteiger partial charge in [0.25, 0.3) is 0 Å². The summed E-state index contributed by atoms with van der Waals surface area (Å²) >= 11 is 5.82. The van der Waals surface area contributed by atoms with Crippen LogP contribution in [-0.4, -0.2) is 28.5 Å². The van der Waals surface area contributed by atoms with E-state index in [4.69, 9.17) is 21.8 Å². The summed E-state index contributed by atoms with van der Waals surface area (Å²) in [5.41, 5.74) is 0.436. The molecule has 7 heteroatoms. The number of hydrogen-bond acceptors (Lipinski definition) is 2. The second-order valence-electron chi connectivity index (χ2n) is 4.12. The Hall–Kier alpha value is -1.27. The molecule has 0 radical (unpaired) electrons. The van der Waals surface area contributed by atoms with Gasteiger partial charge in [0.2, 0.25) is 0 Å². The van der Waals surface area contributed by atoms with Crippen LogP contribution in [0.2, 0.25) is 5.02 Å². The summed E-state index contributed by atoms with van der Waals surface area (Å²) in [5.74, 6) is -2.75. The molecule has 0 saturated heterocycles. The number of carbonyl (C=O) groups is 1. The third-order valence-electron chi connectivity index (χ3n) is 2.66. The van der Waals surface area contributed by atoms with Gasteiger partial charge in [-0.15, -0.1) is 0 Å². The number of aliphatic hydroxyl groups is 1. The van der Waals surface area contributed by atoms with Gasteiger partial charge in [-0.25, -0.2) is 0 Å². The van der Waals surface area contributed by atoms with E-state index in [1.165, 1.54) is 12.1 Å². The van der Waals surface area contributed by atoms with Gasteiger partial charge < -0.3 is 10.2 Å². The normalized spacial score (nSPS) is 15.0. The van der Waals surface area contributed by atoms with Crippen LogP contribution in [0.5, 0.6) is 0 Å². The summed E-state index contributed by atoms with van der Waals surface area (Å²) in [5, 5.41) is 18.1. The molecule has 19 heavy (non-hydrogen) atoms. The molecule has 2 N–H and O–H groups in total. The molecule has 1 rings (SSSR count). The number of alkyl halides is 3. The molecule has 0 amide bonds. The van der Waals surface area contributed by atoms with Crippen molar-refractivity contribution in [2.45, 2.75) is 25.1 Å². The Morgan fingerprint density at radius 1 is 1.32 bits per heavy atom. The lowest BCUT2D eigenvalue weighted by molar-refractivity contribution is -0.209. The van der Waals surface area contributed by atoms with Crippen LogP contribution in [0, 0.1) is 5.92 Å². The molecule has 0 bridgehead atoms. The summed E-state index contributed by atoms with van der Waals surface area (Å²) in [6, 6.07) is 6.31. The Balaban J connectivity index is 2.80. The predicted molar refractivity (Wildman–Crippen MR) is 63.0 cm³/mol. The fourth-order valence-corrected chi connectivity index (χ4v) is 1.82. The molecule has 0 aliphatic rings. The summed E-state index contributed by atoms with van der Waals surface area (Å²) in [4.78, 5) is 11.0. The first-order valence-electron chi connectivity index (χ1n) is 5.42. The lowest BCUT2D eigenvalue weighted by Crippen LogP contribution is -2.33. The van der Waals surface area contributed by atoms with E-state index in [1.807, 2.05) is 0 Å². The van der Waals surface area contributed by atoms with E-state index in [0.717, 1.165) is 0 Å². The monoisotopic (exact) mass is 296 g/mol. The minimum atomic E-state index is -4.83.